The Labute approximate surface area is 122 Å². The Kier molecular flexibility index (Phi) is 3.24. The highest BCUT2D eigenvalue weighted by Gasteiger charge is 2.39. The third-order valence-electron chi connectivity index (χ3n) is 4.10. The summed E-state index contributed by atoms with van der Waals surface area (Å²) in [6.07, 6.45) is 0.414. The number of nitrogens with one attached hydrogen (secondary N) is 1. The van der Waals surface area contributed by atoms with Crippen molar-refractivity contribution < 1.29 is 4.74 Å². The van der Waals surface area contributed by atoms with Gasteiger partial charge in [0.05, 0.1) is 33.3 Å². The van der Waals surface area contributed by atoms with Crippen LogP contribution in [0.15, 0.2) is 12.1 Å². The van der Waals surface area contributed by atoms with Crippen molar-refractivity contribution in [2.75, 3.05) is 0 Å². The molecule has 0 spiro atoms. The van der Waals surface area contributed by atoms with Crippen LogP contribution in [0.3, 0.4) is 0 Å². The maximum atomic E-state index is 6.03. The molecule has 19 heavy (non-hydrogen) atoms. The van der Waals surface area contributed by atoms with Crippen LogP contribution in [0.1, 0.15) is 32.5 Å². The lowest BCUT2D eigenvalue weighted by molar-refractivity contribution is 0.0554. The Balaban J connectivity index is 2.06. The Hall–Kier alpha value is -0.770. The predicted molar refractivity (Wildman–Crippen MR) is 78.0 cm³/mol. The second kappa shape index (κ2) is 4.65. The molecule has 1 aliphatic heterocycles. The minimum atomic E-state index is 0.163. The summed E-state index contributed by atoms with van der Waals surface area (Å²) in [5.74, 6) is 1.67. The van der Waals surface area contributed by atoms with E-state index in [-0.39, 0.29) is 18.1 Å². The van der Waals surface area contributed by atoms with Gasteiger partial charge >= 0.3 is 0 Å². The molecule has 1 aliphatic rings. The molecular formula is C14H16Cl2N2O. The first-order valence-corrected chi connectivity index (χ1v) is 7.23. The van der Waals surface area contributed by atoms with E-state index in [1.54, 1.807) is 6.07 Å². The highest BCUT2D eigenvalue weighted by atomic mass is 35.5. The molecule has 1 fully saturated rings. The molecule has 1 aromatic heterocycles. The summed E-state index contributed by atoms with van der Waals surface area (Å²) < 4.78 is 5.87. The van der Waals surface area contributed by atoms with Crippen LogP contribution in [0.4, 0.5) is 0 Å². The van der Waals surface area contributed by atoms with Gasteiger partial charge in [0.1, 0.15) is 5.82 Å². The first-order chi connectivity index (χ1) is 8.97. The highest BCUT2D eigenvalue weighted by molar-refractivity contribution is 6.42. The van der Waals surface area contributed by atoms with E-state index < -0.39 is 0 Å². The minimum Gasteiger partial charge on any atom is -0.374 e. The number of fused-ring (bicyclic) bond motifs is 1. The number of aromatic nitrogens is 2. The third kappa shape index (κ3) is 2.14. The number of imidazole rings is 1. The van der Waals surface area contributed by atoms with Crippen molar-refractivity contribution >= 4 is 34.2 Å². The van der Waals surface area contributed by atoms with E-state index in [0.29, 0.717) is 16.0 Å². The second-order valence-corrected chi connectivity index (χ2v) is 6.15. The van der Waals surface area contributed by atoms with E-state index in [1.165, 1.54) is 0 Å². The molecule has 3 rings (SSSR count). The fraction of sp³-hybridized carbons (Fsp3) is 0.500. The van der Waals surface area contributed by atoms with Gasteiger partial charge in [-0.3, -0.25) is 0 Å². The van der Waals surface area contributed by atoms with Crippen LogP contribution in [0.2, 0.25) is 10.0 Å². The molecule has 0 radical (unpaired) electrons. The van der Waals surface area contributed by atoms with Crippen molar-refractivity contribution in [1.29, 1.82) is 0 Å². The molecule has 102 valence electrons. The average molecular weight is 299 g/mol. The van der Waals surface area contributed by atoms with Crippen LogP contribution in [0.25, 0.3) is 11.0 Å². The number of aromatic amines is 1. The van der Waals surface area contributed by atoms with Gasteiger partial charge in [0.15, 0.2) is 0 Å². The van der Waals surface area contributed by atoms with Crippen LogP contribution in [0, 0.1) is 5.92 Å². The van der Waals surface area contributed by atoms with E-state index in [9.17, 15) is 0 Å². The Morgan fingerprint density at radius 1 is 1.11 bits per heavy atom. The van der Waals surface area contributed by atoms with E-state index in [2.05, 4.69) is 30.7 Å². The Bertz CT molecular complexity index is 586. The summed E-state index contributed by atoms with van der Waals surface area (Å²) in [7, 11) is 0. The molecule has 1 aromatic carbocycles. The van der Waals surface area contributed by atoms with E-state index >= 15 is 0 Å². The Morgan fingerprint density at radius 2 is 1.79 bits per heavy atom. The molecule has 3 nitrogen and oxygen atoms in total. The van der Waals surface area contributed by atoms with Crippen molar-refractivity contribution in [2.45, 2.75) is 38.9 Å². The number of benzene rings is 1. The highest BCUT2D eigenvalue weighted by Crippen LogP contribution is 2.39. The largest absolute Gasteiger partial charge is 0.374 e. The summed E-state index contributed by atoms with van der Waals surface area (Å²) in [4.78, 5) is 8.01. The van der Waals surface area contributed by atoms with Gasteiger partial charge in [0.2, 0.25) is 0 Å². The van der Waals surface area contributed by atoms with Crippen molar-refractivity contribution in [2.24, 2.45) is 5.92 Å². The van der Waals surface area contributed by atoms with Gasteiger partial charge in [-0.2, -0.15) is 0 Å². The van der Waals surface area contributed by atoms with Gasteiger partial charge in [-0.15, -0.1) is 0 Å². The zero-order chi connectivity index (χ0) is 13.7. The minimum absolute atomic E-state index is 0.163. The summed E-state index contributed by atoms with van der Waals surface area (Å²) in [6, 6.07) is 3.62. The number of rotatable bonds is 1. The van der Waals surface area contributed by atoms with Gasteiger partial charge in [-0.1, -0.05) is 30.1 Å². The topological polar surface area (TPSA) is 37.9 Å². The molecule has 1 N–H and O–H groups in total. The van der Waals surface area contributed by atoms with Crippen LogP contribution in [0.5, 0.6) is 0 Å². The third-order valence-corrected chi connectivity index (χ3v) is 4.82. The van der Waals surface area contributed by atoms with E-state index in [0.717, 1.165) is 16.9 Å². The normalized spacial score (nSPS) is 31.2. The monoisotopic (exact) mass is 298 g/mol. The number of hydrogen-bond acceptors (Lipinski definition) is 2. The summed E-state index contributed by atoms with van der Waals surface area (Å²) >= 11 is 12.1. The molecule has 2 heterocycles. The summed E-state index contributed by atoms with van der Waals surface area (Å²) in [5.41, 5.74) is 1.77. The first-order valence-electron chi connectivity index (χ1n) is 6.47. The maximum Gasteiger partial charge on any atom is 0.113 e. The SMILES string of the molecule is CC1OC(C)C(c2nc3cc(Cl)c(Cl)cc3[nH]2)C1C. The zero-order valence-electron chi connectivity index (χ0n) is 11.1. The fourth-order valence-electron chi connectivity index (χ4n) is 2.92. The van der Waals surface area contributed by atoms with Gasteiger partial charge in [-0.25, -0.2) is 4.98 Å². The van der Waals surface area contributed by atoms with Crippen LogP contribution in [-0.2, 0) is 4.74 Å². The lowest BCUT2D eigenvalue weighted by Gasteiger charge is -2.15. The second-order valence-electron chi connectivity index (χ2n) is 5.34. The molecule has 0 saturated carbocycles. The average Bonchev–Trinajstić information content (AvgIpc) is 2.82. The molecule has 0 aliphatic carbocycles. The lowest BCUT2D eigenvalue weighted by atomic mass is 9.89. The van der Waals surface area contributed by atoms with Gasteiger partial charge < -0.3 is 9.72 Å². The van der Waals surface area contributed by atoms with Crippen molar-refractivity contribution in [3.05, 3.63) is 28.0 Å². The van der Waals surface area contributed by atoms with Crippen LogP contribution >= 0.6 is 23.2 Å². The number of halogens is 2. The fourth-order valence-corrected chi connectivity index (χ4v) is 3.24. The quantitative estimate of drug-likeness (QED) is 0.847. The van der Waals surface area contributed by atoms with E-state index in [4.69, 9.17) is 27.9 Å². The van der Waals surface area contributed by atoms with E-state index in [1.807, 2.05) is 6.07 Å². The number of hydrogen-bond donors (Lipinski definition) is 1. The standard InChI is InChI=1S/C14H16Cl2N2O/c1-6-7(2)19-8(3)13(6)14-17-11-4-9(15)10(16)5-12(11)18-14/h4-8,13H,1-3H3,(H,17,18). The van der Waals surface area contributed by atoms with Crippen LogP contribution < -0.4 is 0 Å². The lowest BCUT2D eigenvalue weighted by Crippen LogP contribution is -2.16. The Morgan fingerprint density at radius 3 is 2.42 bits per heavy atom. The van der Waals surface area contributed by atoms with Crippen molar-refractivity contribution in [3.63, 3.8) is 0 Å². The van der Waals surface area contributed by atoms with Gasteiger partial charge in [0, 0.05) is 5.92 Å². The molecular weight excluding hydrogens is 283 g/mol. The van der Waals surface area contributed by atoms with Gasteiger partial charge in [-0.05, 0) is 31.9 Å². The maximum absolute atomic E-state index is 6.03. The van der Waals surface area contributed by atoms with Crippen LogP contribution in [-0.4, -0.2) is 22.2 Å². The molecule has 0 amide bonds. The molecule has 4 unspecified atom stereocenters. The molecule has 0 bridgehead atoms. The molecule has 5 heteroatoms. The van der Waals surface area contributed by atoms with Crippen molar-refractivity contribution in [3.8, 4) is 0 Å². The molecule has 1 saturated heterocycles. The first kappa shape index (κ1) is 13.2. The number of ether oxygens (including phenoxy) is 1. The van der Waals surface area contributed by atoms with Gasteiger partial charge in [0.25, 0.3) is 0 Å². The van der Waals surface area contributed by atoms with Crippen molar-refractivity contribution in [1.82, 2.24) is 9.97 Å². The molecule has 4 atom stereocenters. The number of H-pyrrole nitrogens is 1. The predicted octanol–water partition coefficient (Wildman–Crippen LogP) is 4.40. The summed E-state index contributed by atoms with van der Waals surface area (Å²) in [5, 5.41) is 1.07. The zero-order valence-corrected chi connectivity index (χ0v) is 12.6. The summed E-state index contributed by atoms with van der Waals surface area (Å²) in [6.45, 7) is 6.40. The smallest absolute Gasteiger partial charge is 0.113 e. The number of nitrogens with zero attached hydrogens (tertiary/aromatic N) is 1. The molecule has 2 aromatic rings.